The summed E-state index contributed by atoms with van der Waals surface area (Å²) in [5.41, 5.74) is 2.05. The summed E-state index contributed by atoms with van der Waals surface area (Å²) in [4.78, 5) is 53.2. The number of piperidine rings is 2. The zero-order valence-corrected chi connectivity index (χ0v) is 33.6. The highest BCUT2D eigenvalue weighted by molar-refractivity contribution is 6.10. The number of carbonyl (C=O) groups is 3. The van der Waals surface area contributed by atoms with Crippen molar-refractivity contribution in [2.75, 3.05) is 70.6 Å². The van der Waals surface area contributed by atoms with E-state index < -0.39 is 28.5 Å². The number of nitrogens with zero attached hydrogens (tertiary/aromatic N) is 5. The van der Waals surface area contributed by atoms with E-state index in [0.717, 1.165) is 61.6 Å². The summed E-state index contributed by atoms with van der Waals surface area (Å²) in [6, 6.07) is 33.5. The van der Waals surface area contributed by atoms with Gasteiger partial charge in [-0.2, -0.15) is 0 Å². The lowest BCUT2D eigenvalue weighted by molar-refractivity contribution is -0.139. The van der Waals surface area contributed by atoms with E-state index in [1.54, 1.807) is 22.0 Å². The minimum Gasteiger partial charge on any atom is -0.396 e. The second-order valence-corrected chi connectivity index (χ2v) is 16.6. The zero-order valence-electron chi connectivity index (χ0n) is 33.6. The number of para-hydroxylation sites is 2. The second kappa shape index (κ2) is 15.6. The Kier molecular flexibility index (Phi) is 10.3. The highest BCUT2D eigenvalue weighted by Gasteiger charge is 2.56. The Hall–Kier alpha value is -5.53. The number of fused-ring (bicyclic) bond motifs is 1. The van der Waals surface area contributed by atoms with Crippen LogP contribution in [0.25, 0.3) is 0 Å². The number of aliphatic hydroxyl groups is 2. The molecule has 2 spiro atoms. The molecule has 0 unspecified atom stereocenters. The van der Waals surface area contributed by atoms with Gasteiger partial charge in [0.15, 0.2) is 5.60 Å². The number of anilines is 5. The topological polar surface area (TPSA) is 132 Å². The average molecular weight is 796 g/mol. The molecule has 0 saturated carbocycles. The standard InChI is InChI=1S/C47H53N7O5/c1-34(10-8-9-29-55)47(59)40-30-39(52-33-54(38-13-6-3-7-14-38)46(43(52)57)23-27-49-28-24-46)19-20-41(40)50(44(47)58)31-35-15-17-36(18-16-35)51-32-53(37-11-4-2-5-12-37)45(42(51)56)21-25-48-26-22-45/h2-8,10-20,30,34,48-49,55,59H,9,21-29,31-33H2,1H3/b10-8+/t34-,47+/m0/s1. The molecule has 4 saturated heterocycles. The number of hydrogen-bond acceptors (Lipinski definition) is 9. The SMILES string of the molecule is C[C@@H](/C=C/CCO)[C@]1(O)C(=O)N(Cc2ccc(N3CN(c4ccccc4)C4(CCNCC4)C3=O)cc2)c2ccc(N3CN(c4ccccc4)C4(CCNCC4)C3=O)cc21. The smallest absolute Gasteiger partial charge is 0.264 e. The summed E-state index contributed by atoms with van der Waals surface area (Å²) in [5.74, 6) is -0.981. The van der Waals surface area contributed by atoms with Gasteiger partial charge >= 0.3 is 0 Å². The molecule has 4 aromatic rings. The Morgan fingerprint density at radius 3 is 1.69 bits per heavy atom. The molecule has 4 N–H and O–H groups in total. The van der Waals surface area contributed by atoms with Gasteiger partial charge < -0.3 is 35.5 Å². The van der Waals surface area contributed by atoms with E-state index in [-0.39, 0.29) is 25.0 Å². The van der Waals surface area contributed by atoms with E-state index in [1.807, 2.05) is 103 Å². The van der Waals surface area contributed by atoms with Crippen LogP contribution in [0.2, 0.25) is 0 Å². The molecule has 9 rings (SSSR count). The van der Waals surface area contributed by atoms with Crippen molar-refractivity contribution in [3.05, 3.63) is 126 Å². The molecular formula is C47H53N7O5. The Balaban J connectivity index is 1.02. The largest absolute Gasteiger partial charge is 0.396 e. The van der Waals surface area contributed by atoms with Crippen molar-refractivity contribution in [2.45, 2.75) is 62.3 Å². The fraction of sp³-hybridized carbons (Fsp3) is 0.383. The van der Waals surface area contributed by atoms with Crippen LogP contribution >= 0.6 is 0 Å². The van der Waals surface area contributed by atoms with Gasteiger partial charge in [0.2, 0.25) is 0 Å². The third-order valence-electron chi connectivity index (χ3n) is 13.4. The second-order valence-electron chi connectivity index (χ2n) is 16.6. The molecule has 306 valence electrons. The van der Waals surface area contributed by atoms with E-state index in [9.17, 15) is 24.6 Å². The van der Waals surface area contributed by atoms with E-state index in [4.69, 9.17) is 0 Å². The van der Waals surface area contributed by atoms with Crippen molar-refractivity contribution in [3.63, 3.8) is 0 Å². The van der Waals surface area contributed by atoms with Crippen LogP contribution in [-0.4, -0.2) is 85.1 Å². The zero-order chi connectivity index (χ0) is 40.8. The third kappa shape index (κ3) is 6.40. The minimum atomic E-state index is -1.92. The summed E-state index contributed by atoms with van der Waals surface area (Å²) >= 11 is 0. The fourth-order valence-corrected chi connectivity index (χ4v) is 10.1. The number of amides is 3. The third-order valence-corrected chi connectivity index (χ3v) is 13.4. The molecule has 5 aliphatic heterocycles. The fourth-order valence-electron chi connectivity index (χ4n) is 10.1. The highest BCUT2D eigenvalue weighted by Crippen LogP contribution is 2.49. The number of aliphatic hydroxyl groups excluding tert-OH is 1. The first-order chi connectivity index (χ1) is 28.7. The first-order valence-electron chi connectivity index (χ1n) is 21.0. The van der Waals surface area contributed by atoms with Gasteiger partial charge in [-0.25, -0.2) is 0 Å². The molecule has 12 nitrogen and oxygen atoms in total. The lowest BCUT2D eigenvalue weighted by atomic mass is 9.82. The Bertz CT molecular complexity index is 2220. The summed E-state index contributed by atoms with van der Waals surface area (Å²) in [5, 5.41) is 28.9. The summed E-state index contributed by atoms with van der Waals surface area (Å²) in [6.45, 7) is 5.75. The van der Waals surface area contributed by atoms with Crippen molar-refractivity contribution >= 4 is 46.2 Å². The Morgan fingerprint density at radius 2 is 1.17 bits per heavy atom. The quantitative estimate of drug-likeness (QED) is 0.166. The molecular weight excluding hydrogens is 743 g/mol. The minimum absolute atomic E-state index is 0.0120. The van der Waals surface area contributed by atoms with Gasteiger partial charge in [0.05, 0.1) is 25.6 Å². The number of carbonyl (C=O) groups excluding carboxylic acids is 3. The van der Waals surface area contributed by atoms with E-state index in [2.05, 4.69) is 32.6 Å². The number of benzene rings is 4. The molecule has 59 heavy (non-hydrogen) atoms. The van der Waals surface area contributed by atoms with Gasteiger partial charge in [-0.1, -0.05) is 67.6 Å². The van der Waals surface area contributed by atoms with Crippen LogP contribution in [0.5, 0.6) is 0 Å². The molecule has 4 aromatic carbocycles. The number of hydrogen-bond donors (Lipinski definition) is 4. The van der Waals surface area contributed by atoms with Crippen molar-refractivity contribution < 1.29 is 24.6 Å². The van der Waals surface area contributed by atoms with E-state index in [0.29, 0.717) is 49.5 Å². The summed E-state index contributed by atoms with van der Waals surface area (Å²) in [6.07, 6.45) is 6.74. The van der Waals surface area contributed by atoms with Crippen LogP contribution in [0.4, 0.5) is 28.4 Å². The molecule has 4 fully saturated rings. The van der Waals surface area contributed by atoms with Crippen molar-refractivity contribution in [3.8, 4) is 0 Å². The van der Waals surface area contributed by atoms with Crippen LogP contribution < -0.4 is 35.1 Å². The predicted octanol–water partition coefficient (Wildman–Crippen LogP) is 4.86. The van der Waals surface area contributed by atoms with Crippen molar-refractivity contribution in [2.24, 2.45) is 5.92 Å². The summed E-state index contributed by atoms with van der Waals surface area (Å²) < 4.78 is 0. The number of nitrogens with one attached hydrogen (secondary N) is 2. The van der Waals surface area contributed by atoms with Crippen LogP contribution in [0.3, 0.4) is 0 Å². The first-order valence-corrected chi connectivity index (χ1v) is 21.0. The van der Waals surface area contributed by atoms with Gasteiger partial charge in [0.1, 0.15) is 11.1 Å². The highest BCUT2D eigenvalue weighted by atomic mass is 16.3. The normalized spacial score (nSPS) is 23.0. The van der Waals surface area contributed by atoms with Crippen molar-refractivity contribution in [1.29, 1.82) is 0 Å². The summed E-state index contributed by atoms with van der Waals surface area (Å²) in [7, 11) is 0. The lowest BCUT2D eigenvalue weighted by Gasteiger charge is -2.39. The predicted molar refractivity (Wildman–Crippen MR) is 230 cm³/mol. The Labute approximate surface area is 345 Å². The molecule has 0 aliphatic carbocycles. The van der Waals surface area contributed by atoms with Gasteiger partial charge in [-0.3, -0.25) is 24.2 Å². The molecule has 2 atom stereocenters. The maximum absolute atomic E-state index is 14.6. The average Bonchev–Trinajstić information content (AvgIpc) is 3.80. The van der Waals surface area contributed by atoms with Crippen LogP contribution in [-0.2, 0) is 26.5 Å². The van der Waals surface area contributed by atoms with E-state index >= 15 is 0 Å². The lowest BCUT2D eigenvalue weighted by Crippen LogP contribution is -2.55. The van der Waals surface area contributed by atoms with E-state index in [1.165, 1.54) is 0 Å². The molecule has 5 heterocycles. The maximum Gasteiger partial charge on any atom is 0.264 e. The molecule has 3 amide bonds. The first kappa shape index (κ1) is 39.0. The molecule has 0 bridgehead atoms. The monoisotopic (exact) mass is 795 g/mol. The van der Waals surface area contributed by atoms with Gasteiger partial charge in [-0.15, -0.1) is 0 Å². The van der Waals surface area contributed by atoms with Crippen LogP contribution in [0.1, 0.15) is 50.2 Å². The number of rotatable bonds is 10. The van der Waals surface area contributed by atoms with Crippen LogP contribution in [0.15, 0.2) is 115 Å². The Morgan fingerprint density at radius 1 is 0.661 bits per heavy atom. The maximum atomic E-state index is 14.6. The van der Waals surface area contributed by atoms with Gasteiger partial charge in [0, 0.05) is 40.8 Å². The molecule has 5 aliphatic rings. The molecule has 12 heteroatoms. The van der Waals surface area contributed by atoms with Crippen LogP contribution in [0, 0.1) is 5.92 Å². The van der Waals surface area contributed by atoms with Gasteiger partial charge in [-0.05, 0) is 118 Å². The molecule has 0 radical (unpaired) electrons. The van der Waals surface area contributed by atoms with Gasteiger partial charge in [0.25, 0.3) is 17.7 Å². The molecule has 0 aromatic heterocycles. The van der Waals surface area contributed by atoms with Crippen molar-refractivity contribution in [1.82, 2.24) is 10.6 Å².